The van der Waals surface area contributed by atoms with Crippen LogP contribution in [0.1, 0.15) is 5.56 Å². The number of hydrogen-bond acceptors (Lipinski definition) is 0. The normalized spacial score (nSPS) is 15.1. The molecule has 0 aliphatic heterocycles. The van der Waals surface area contributed by atoms with Crippen molar-refractivity contribution in [3.8, 4) is 0 Å². The Morgan fingerprint density at radius 3 is 1.05 bits per heavy atom. The van der Waals surface area contributed by atoms with Crippen LogP contribution in [0.3, 0.4) is 0 Å². The van der Waals surface area contributed by atoms with Crippen molar-refractivity contribution < 1.29 is 74.6 Å². The SMILES string of the molecule is C[N+](C)(C)c1ccc(CC(=C(C(F)(C(F)(F)F)C(F)(F)F)C(F)(C(F)(F)F)C(F)(F)F)C(F)(F)F)cc1. The van der Waals surface area contributed by atoms with E-state index in [9.17, 15) is 74.6 Å². The fraction of sp³-hybridized carbons (Fsp3) is 0.579. The molecule has 18 heteroatoms. The molecule has 0 saturated carbocycles. The lowest BCUT2D eigenvalue weighted by Gasteiger charge is -2.41. The van der Waals surface area contributed by atoms with E-state index in [-0.39, 0.29) is 10.2 Å². The van der Waals surface area contributed by atoms with Crippen molar-refractivity contribution >= 4 is 5.69 Å². The predicted octanol–water partition coefficient (Wildman–Crippen LogP) is 7.95. The van der Waals surface area contributed by atoms with E-state index in [1.807, 2.05) is 0 Å². The monoisotopic (exact) mass is 580 g/mol. The summed E-state index contributed by atoms with van der Waals surface area (Å²) in [5, 5.41) is 0. The van der Waals surface area contributed by atoms with Crippen LogP contribution in [0.15, 0.2) is 35.4 Å². The summed E-state index contributed by atoms with van der Waals surface area (Å²) in [6.45, 7) is 0. The van der Waals surface area contributed by atoms with Gasteiger partial charge in [0.05, 0.1) is 21.1 Å². The fourth-order valence-corrected chi connectivity index (χ4v) is 3.14. The Balaban J connectivity index is 4.42. The third-order valence-corrected chi connectivity index (χ3v) is 4.99. The molecule has 0 aliphatic carbocycles. The van der Waals surface area contributed by atoms with Crippen molar-refractivity contribution in [3.05, 3.63) is 41.0 Å². The molecule has 0 bridgehead atoms. The summed E-state index contributed by atoms with van der Waals surface area (Å²) in [7, 11) is 4.38. The third kappa shape index (κ3) is 5.92. The van der Waals surface area contributed by atoms with Gasteiger partial charge in [0.15, 0.2) is 0 Å². The Kier molecular flexibility index (Phi) is 8.13. The van der Waals surface area contributed by atoms with Crippen LogP contribution in [-0.4, -0.2) is 63.4 Å². The zero-order chi connectivity index (χ0) is 29.8. The van der Waals surface area contributed by atoms with E-state index in [0.717, 1.165) is 12.1 Å². The Bertz CT molecular complexity index is 911. The minimum atomic E-state index is -8.08. The van der Waals surface area contributed by atoms with Gasteiger partial charge in [-0.05, 0) is 17.7 Å². The maximum atomic E-state index is 14.7. The van der Waals surface area contributed by atoms with E-state index in [1.54, 1.807) is 0 Å². The lowest BCUT2D eigenvalue weighted by molar-refractivity contribution is -0.365. The number of quaternary nitrogens is 1. The van der Waals surface area contributed by atoms with Gasteiger partial charge in [-0.3, -0.25) is 4.48 Å². The van der Waals surface area contributed by atoms with Crippen molar-refractivity contribution in [2.75, 3.05) is 21.1 Å². The van der Waals surface area contributed by atoms with Gasteiger partial charge >= 0.3 is 42.2 Å². The van der Waals surface area contributed by atoms with Gasteiger partial charge in [-0.1, -0.05) is 12.1 Å². The quantitative estimate of drug-likeness (QED) is 0.189. The van der Waals surface area contributed by atoms with E-state index in [1.165, 1.54) is 21.1 Å². The number of hydrogen-bond donors (Lipinski definition) is 0. The molecule has 0 spiro atoms. The number of nitrogens with zero attached hydrogens (tertiary/aromatic N) is 1. The molecule has 0 aliphatic rings. The lowest BCUT2D eigenvalue weighted by Crippen LogP contribution is -2.66. The highest BCUT2D eigenvalue weighted by Crippen LogP contribution is 2.63. The third-order valence-electron chi connectivity index (χ3n) is 4.99. The Morgan fingerprint density at radius 2 is 0.838 bits per heavy atom. The molecular weight excluding hydrogens is 565 g/mol. The summed E-state index contributed by atoms with van der Waals surface area (Å²) < 4.78 is 229. The maximum absolute atomic E-state index is 14.7. The van der Waals surface area contributed by atoms with Gasteiger partial charge in [-0.15, -0.1) is 0 Å². The first-order valence-corrected chi connectivity index (χ1v) is 9.31. The molecule has 0 fully saturated rings. The number of alkyl halides is 17. The summed E-state index contributed by atoms with van der Waals surface area (Å²) in [5.74, 6) is 0. The predicted molar refractivity (Wildman–Crippen MR) is 94.7 cm³/mol. The molecule has 0 radical (unpaired) electrons. The van der Waals surface area contributed by atoms with E-state index in [4.69, 9.17) is 0 Å². The van der Waals surface area contributed by atoms with Gasteiger partial charge in [0.2, 0.25) is 0 Å². The summed E-state index contributed by atoms with van der Waals surface area (Å²) in [4.78, 5) is 0. The highest BCUT2D eigenvalue weighted by molar-refractivity contribution is 5.47. The summed E-state index contributed by atoms with van der Waals surface area (Å²) in [6.07, 6.45) is -41.4. The van der Waals surface area contributed by atoms with E-state index < -0.39 is 65.3 Å². The number of rotatable bonds is 5. The smallest absolute Gasteiger partial charge is 0.298 e. The van der Waals surface area contributed by atoms with Crippen LogP contribution >= 0.6 is 0 Å². The molecule has 37 heavy (non-hydrogen) atoms. The number of halogens is 17. The second kappa shape index (κ2) is 9.18. The van der Waals surface area contributed by atoms with Crippen LogP contribution in [0.4, 0.5) is 80.3 Å². The molecule has 0 aromatic heterocycles. The second-order valence-corrected chi connectivity index (χ2v) is 8.51. The summed E-state index contributed by atoms with van der Waals surface area (Å²) >= 11 is 0. The van der Waals surface area contributed by atoms with Gasteiger partial charge in [-0.2, -0.15) is 65.9 Å². The van der Waals surface area contributed by atoms with E-state index in [2.05, 4.69) is 0 Å². The average molecular weight is 580 g/mol. The zero-order valence-corrected chi connectivity index (χ0v) is 18.4. The molecule has 1 aromatic carbocycles. The fourth-order valence-electron chi connectivity index (χ4n) is 3.14. The van der Waals surface area contributed by atoms with Crippen LogP contribution < -0.4 is 4.48 Å². The number of benzene rings is 1. The first-order valence-electron chi connectivity index (χ1n) is 9.31. The highest BCUT2D eigenvalue weighted by atomic mass is 19.4. The van der Waals surface area contributed by atoms with Crippen molar-refractivity contribution in [2.24, 2.45) is 0 Å². The molecule has 1 rings (SSSR count). The van der Waals surface area contributed by atoms with Gasteiger partial charge in [0, 0.05) is 17.6 Å². The molecule has 0 saturated heterocycles. The van der Waals surface area contributed by atoms with Crippen LogP contribution in [0.5, 0.6) is 0 Å². The standard InChI is InChI=1S/C19H15F17N/c1-37(2,3)10-6-4-9(5-7-10)8-11(15(22,23)24)12(13(20,16(25,26)27)17(28,29)30)14(21,18(31,32)33)19(34,35)36/h4-7H,8H2,1-3H3/q+1. The largest absolute Gasteiger partial charge is 0.435 e. The van der Waals surface area contributed by atoms with E-state index in [0.29, 0.717) is 12.1 Å². The molecule has 214 valence electrons. The number of allylic oxidation sites excluding steroid dienone is 2. The highest BCUT2D eigenvalue weighted by Gasteiger charge is 2.87. The second-order valence-electron chi connectivity index (χ2n) is 8.51. The minimum absolute atomic E-state index is 0.0982. The molecule has 1 nitrogen and oxygen atoms in total. The molecule has 0 amide bonds. The molecular formula is C19H15F17N+. The maximum Gasteiger partial charge on any atom is 0.435 e. The van der Waals surface area contributed by atoms with Crippen molar-refractivity contribution in [1.82, 2.24) is 4.48 Å². The van der Waals surface area contributed by atoms with Crippen LogP contribution in [0.2, 0.25) is 0 Å². The van der Waals surface area contributed by atoms with Crippen LogP contribution in [0, 0.1) is 0 Å². The van der Waals surface area contributed by atoms with Crippen molar-refractivity contribution in [1.29, 1.82) is 0 Å². The molecule has 0 unspecified atom stereocenters. The molecule has 0 N–H and O–H groups in total. The minimum Gasteiger partial charge on any atom is -0.298 e. The van der Waals surface area contributed by atoms with Gasteiger partial charge in [0.25, 0.3) is 0 Å². The average Bonchev–Trinajstić information content (AvgIpc) is 2.62. The first-order chi connectivity index (χ1) is 15.9. The zero-order valence-electron chi connectivity index (χ0n) is 18.4. The summed E-state index contributed by atoms with van der Waals surface area (Å²) in [6, 6.07) is 2.78. The van der Waals surface area contributed by atoms with Crippen molar-refractivity contribution in [2.45, 2.75) is 48.6 Å². The lowest BCUT2D eigenvalue weighted by atomic mass is 9.76. The van der Waals surface area contributed by atoms with Crippen LogP contribution in [-0.2, 0) is 6.42 Å². The van der Waals surface area contributed by atoms with Gasteiger partial charge < -0.3 is 0 Å². The molecule has 1 aromatic rings. The topological polar surface area (TPSA) is 0 Å². The van der Waals surface area contributed by atoms with Crippen molar-refractivity contribution in [3.63, 3.8) is 0 Å². The molecule has 0 heterocycles. The van der Waals surface area contributed by atoms with E-state index >= 15 is 0 Å². The Morgan fingerprint density at radius 1 is 0.541 bits per heavy atom. The summed E-state index contributed by atoms with van der Waals surface area (Å²) in [5.41, 5.74) is -26.4. The first kappa shape index (κ1) is 32.8. The van der Waals surface area contributed by atoms with Gasteiger partial charge in [-0.25, -0.2) is 8.78 Å². The Labute approximate surface area is 196 Å². The van der Waals surface area contributed by atoms with Crippen LogP contribution in [0.25, 0.3) is 0 Å². The van der Waals surface area contributed by atoms with Gasteiger partial charge in [0.1, 0.15) is 5.69 Å². The Hall–Kier alpha value is -2.27. The molecule has 0 atom stereocenters.